The van der Waals surface area contributed by atoms with E-state index in [1.807, 2.05) is 0 Å². The molecule has 0 N–H and O–H groups in total. The Labute approximate surface area is 579 Å². The van der Waals surface area contributed by atoms with E-state index in [2.05, 4.69) is 227 Å². The Morgan fingerprint density at radius 3 is 1.52 bits per heavy atom. The Bertz CT molecular complexity index is 4870. The lowest BCUT2D eigenvalue weighted by molar-refractivity contribution is 0.154. The first kappa shape index (κ1) is 64.1. The standard InChI is InChI=1S/C94H105NO2/c1-12-16-20-22-32-48-93-52-50-92(46-30-18-14-3,47-31-19-15-4)51-53-94(49-33-23-21-17-13-2)77-57-64(41-43-67(77)83-84-69-36-26-29-39-79(69)97-89(84)85(87(93)86(83)94)66-34-24-27-37-72(66)93)95(88-61(6)54-60(5)55-62(88)7)63-40-42-65-70-58-76-71(59-75(70)91(10,11)74(65)56-63)81-73(90(76,8)9)44-45-80-82(81)68-35-25-28-38-78(68)96-80/h24-29,34-45,54-59H,12-23,30-33,46-53H2,1-11H3. The highest BCUT2D eigenvalue weighted by atomic mass is 16.3. The third-order valence-corrected chi connectivity index (χ3v) is 25.8. The van der Waals surface area contributed by atoms with Gasteiger partial charge in [0.15, 0.2) is 0 Å². The number of hydrogen-bond donors (Lipinski definition) is 0. The summed E-state index contributed by atoms with van der Waals surface area (Å²) in [4.78, 5) is 2.72. The first-order chi connectivity index (χ1) is 47.1. The maximum atomic E-state index is 7.59. The zero-order valence-electron chi connectivity index (χ0n) is 60.6. The molecule has 9 aromatic carbocycles. The summed E-state index contributed by atoms with van der Waals surface area (Å²) in [7, 11) is 0. The van der Waals surface area contributed by atoms with Crippen molar-refractivity contribution in [1.29, 1.82) is 0 Å². The largest absolute Gasteiger partial charge is 0.456 e. The zero-order chi connectivity index (χ0) is 66.8. The van der Waals surface area contributed by atoms with Crippen molar-refractivity contribution in [2.75, 3.05) is 4.90 Å². The highest BCUT2D eigenvalue weighted by molar-refractivity contribution is 6.21. The minimum Gasteiger partial charge on any atom is -0.456 e. The highest BCUT2D eigenvalue weighted by Gasteiger charge is 2.56. The predicted octanol–water partition coefficient (Wildman–Crippen LogP) is 28.5. The molecule has 0 amide bonds. The van der Waals surface area contributed by atoms with E-state index < -0.39 is 0 Å². The maximum absolute atomic E-state index is 7.59. The van der Waals surface area contributed by atoms with Crippen LogP contribution < -0.4 is 4.90 Å². The number of nitrogens with zero attached hydrogens (tertiary/aromatic N) is 1. The van der Waals surface area contributed by atoms with Crippen molar-refractivity contribution >= 4 is 60.9 Å². The summed E-state index contributed by atoms with van der Waals surface area (Å²) < 4.78 is 14.2. The predicted molar refractivity (Wildman–Crippen MR) is 413 cm³/mol. The molecule has 11 aromatic rings. The summed E-state index contributed by atoms with van der Waals surface area (Å²) in [6.45, 7) is 26.5. The van der Waals surface area contributed by atoms with E-state index in [0.717, 1.165) is 28.8 Å². The van der Waals surface area contributed by atoms with Gasteiger partial charge in [-0.05, 0) is 227 Å². The molecule has 3 nitrogen and oxygen atoms in total. The van der Waals surface area contributed by atoms with Crippen LogP contribution in [0.1, 0.15) is 271 Å². The van der Waals surface area contributed by atoms with E-state index in [0.29, 0.717) is 0 Å². The van der Waals surface area contributed by atoms with Crippen molar-refractivity contribution in [1.82, 2.24) is 0 Å². The highest BCUT2D eigenvalue weighted by Crippen LogP contribution is 2.70. The van der Waals surface area contributed by atoms with Gasteiger partial charge in [0.25, 0.3) is 0 Å². The molecule has 2 heterocycles. The van der Waals surface area contributed by atoms with Crippen molar-refractivity contribution < 1.29 is 8.83 Å². The van der Waals surface area contributed by atoms with Crippen molar-refractivity contribution in [3.05, 3.63) is 207 Å². The minimum atomic E-state index is -0.281. The third kappa shape index (κ3) is 9.88. The van der Waals surface area contributed by atoms with E-state index in [1.165, 1.54) is 270 Å². The average molecular weight is 1280 g/mol. The van der Waals surface area contributed by atoms with Crippen LogP contribution in [0.5, 0.6) is 0 Å². The van der Waals surface area contributed by atoms with Gasteiger partial charge in [-0.25, -0.2) is 0 Å². The number of furan rings is 2. The molecule has 16 rings (SSSR count). The summed E-state index contributed by atoms with van der Waals surface area (Å²) in [5.41, 5.74) is 34.5. The number of benzene rings is 9. The Morgan fingerprint density at radius 2 is 0.856 bits per heavy atom. The summed E-state index contributed by atoms with van der Waals surface area (Å²) >= 11 is 0. The number of anilines is 3. The second-order valence-corrected chi connectivity index (χ2v) is 32.5. The van der Waals surface area contributed by atoms with Gasteiger partial charge in [0, 0.05) is 60.1 Å². The molecule has 2 atom stereocenters. The van der Waals surface area contributed by atoms with Crippen LogP contribution >= 0.6 is 0 Å². The Balaban J connectivity index is 0.940. The molecule has 0 saturated carbocycles. The fourth-order valence-electron chi connectivity index (χ4n) is 21.0. The molecule has 2 aromatic heterocycles. The fourth-order valence-corrected chi connectivity index (χ4v) is 21.0. The number of unbranched alkanes of at least 4 members (excludes halogenated alkanes) is 12. The first-order valence-corrected chi connectivity index (χ1v) is 38.6. The quantitative estimate of drug-likeness (QED) is 0.0598. The average Bonchev–Trinajstić information content (AvgIpc) is 1.50. The Kier molecular flexibility index (Phi) is 16.3. The molecule has 97 heavy (non-hydrogen) atoms. The van der Waals surface area contributed by atoms with Gasteiger partial charge >= 0.3 is 0 Å². The zero-order valence-corrected chi connectivity index (χ0v) is 60.6. The van der Waals surface area contributed by atoms with Crippen LogP contribution in [-0.4, -0.2) is 0 Å². The lowest BCUT2D eigenvalue weighted by Gasteiger charge is -2.40. The second kappa shape index (κ2) is 24.7. The molecule has 5 aliphatic rings. The van der Waals surface area contributed by atoms with Gasteiger partial charge in [-0.15, -0.1) is 0 Å². The summed E-state index contributed by atoms with van der Waals surface area (Å²) in [6.07, 6.45) is 30.4. The van der Waals surface area contributed by atoms with Gasteiger partial charge in [0.05, 0.1) is 5.69 Å². The van der Waals surface area contributed by atoms with Crippen LogP contribution in [0.4, 0.5) is 17.1 Å². The van der Waals surface area contributed by atoms with E-state index in [-0.39, 0.29) is 27.1 Å². The Hall–Kier alpha value is -7.62. The SMILES string of the molecule is CCCCCCCC12CCC(CCCCC)(CCCCC)CCC3(CCCCCCC)c4cc(N(c5ccc6c(c5)C(C)(C)c5cc7c(cc5-6)C(C)(C)c5ccc6oc8ccccc8c6c5-7)c5c(C)cc(C)cc5C)ccc4-c4c3c1c(c1oc3ccccc3c41)-c1ccccc12. The lowest BCUT2D eigenvalue weighted by atomic mass is 9.64. The van der Waals surface area contributed by atoms with Gasteiger partial charge in [0.1, 0.15) is 22.3 Å². The Morgan fingerprint density at radius 1 is 0.361 bits per heavy atom. The van der Waals surface area contributed by atoms with Crippen LogP contribution in [0.3, 0.4) is 0 Å². The molecular formula is C94H105NO2. The molecule has 3 heteroatoms. The van der Waals surface area contributed by atoms with Gasteiger partial charge in [-0.1, -0.05) is 255 Å². The third-order valence-electron chi connectivity index (χ3n) is 25.8. The van der Waals surface area contributed by atoms with Crippen LogP contribution in [0, 0.1) is 26.2 Å². The maximum Gasteiger partial charge on any atom is 0.144 e. The lowest BCUT2D eigenvalue weighted by Crippen LogP contribution is -2.32. The number of fused-ring (bicyclic) bond motifs is 21. The summed E-state index contributed by atoms with van der Waals surface area (Å²) in [5, 5.41) is 5.05. The number of aryl methyl sites for hydroxylation is 3. The summed E-state index contributed by atoms with van der Waals surface area (Å²) in [6, 6.07) is 57.9. The van der Waals surface area contributed by atoms with Crippen molar-refractivity contribution in [3.8, 4) is 44.5 Å². The monoisotopic (exact) mass is 1280 g/mol. The molecule has 498 valence electrons. The topological polar surface area (TPSA) is 29.5 Å². The molecule has 0 fully saturated rings. The molecule has 0 spiro atoms. The fraction of sp³-hybridized carbons (Fsp3) is 0.426. The molecule has 0 bridgehead atoms. The van der Waals surface area contributed by atoms with Crippen LogP contribution in [-0.2, 0) is 21.7 Å². The molecule has 0 saturated heterocycles. The van der Waals surface area contributed by atoms with Crippen molar-refractivity contribution in [2.45, 2.75) is 252 Å². The van der Waals surface area contributed by atoms with Crippen LogP contribution in [0.2, 0.25) is 0 Å². The van der Waals surface area contributed by atoms with E-state index in [9.17, 15) is 0 Å². The molecule has 5 aliphatic carbocycles. The van der Waals surface area contributed by atoms with Gasteiger partial charge in [-0.3, -0.25) is 0 Å². The smallest absolute Gasteiger partial charge is 0.144 e. The second-order valence-electron chi connectivity index (χ2n) is 32.5. The molecule has 0 aliphatic heterocycles. The number of hydrogen-bond acceptors (Lipinski definition) is 3. The van der Waals surface area contributed by atoms with Crippen molar-refractivity contribution in [3.63, 3.8) is 0 Å². The van der Waals surface area contributed by atoms with Gasteiger partial charge in [0.2, 0.25) is 0 Å². The number of para-hydroxylation sites is 2. The minimum absolute atomic E-state index is 0.144. The first-order valence-electron chi connectivity index (χ1n) is 38.6. The van der Waals surface area contributed by atoms with Gasteiger partial charge < -0.3 is 13.7 Å². The molecule has 2 unspecified atom stereocenters. The van der Waals surface area contributed by atoms with E-state index in [1.54, 1.807) is 22.3 Å². The van der Waals surface area contributed by atoms with Crippen LogP contribution in [0.15, 0.2) is 154 Å². The molecule has 0 radical (unpaired) electrons. The summed E-state index contributed by atoms with van der Waals surface area (Å²) in [5.74, 6) is 0. The van der Waals surface area contributed by atoms with E-state index >= 15 is 0 Å². The van der Waals surface area contributed by atoms with Crippen molar-refractivity contribution in [2.24, 2.45) is 5.41 Å². The van der Waals surface area contributed by atoms with E-state index in [4.69, 9.17) is 8.83 Å². The van der Waals surface area contributed by atoms with Crippen LogP contribution in [0.25, 0.3) is 88.4 Å². The molecular weight excluding hydrogens is 1180 g/mol. The number of rotatable bonds is 23. The van der Waals surface area contributed by atoms with Gasteiger partial charge in [-0.2, -0.15) is 0 Å². The normalized spacial score (nSPS) is 18.6.